The van der Waals surface area contributed by atoms with Gasteiger partial charge in [-0.2, -0.15) is 13.2 Å². The van der Waals surface area contributed by atoms with Crippen molar-refractivity contribution in [3.05, 3.63) is 52.4 Å². The van der Waals surface area contributed by atoms with Crippen LogP contribution in [0, 0.1) is 11.6 Å². The smallest absolute Gasteiger partial charge is 0.422 e. The van der Waals surface area contributed by atoms with Crippen molar-refractivity contribution in [3.8, 4) is 5.88 Å². The fourth-order valence-electron chi connectivity index (χ4n) is 2.64. The lowest BCUT2D eigenvalue weighted by molar-refractivity contribution is -0.154. The van der Waals surface area contributed by atoms with Crippen molar-refractivity contribution in [2.24, 2.45) is 0 Å². The molecule has 0 spiro atoms. The monoisotopic (exact) mass is 465 g/mol. The molecule has 2 atom stereocenters. The maximum atomic E-state index is 14.6. The lowest BCUT2D eigenvalue weighted by Gasteiger charge is -2.21. The lowest BCUT2D eigenvalue weighted by atomic mass is 10.0. The first-order chi connectivity index (χ1) is 14.5. The van der Waals surface area contributed by atoms with Gasteiger partial charge in [0.25, 0.3) is 0 Å². The van der Waals surface area contributed by atoms with Gasteiger partial charge < -0.3 is 20.7 Å². The average Bonchev–Trinajstić information content (AvgIpc) is 3.16. The third-order valence-corrected chi connectivity index (χ3v) is 4.43. The van der Waals surface area contributed by atoms with Gasteiger partial charge in [-0.15, -0.1) is 0 Å². The SMILES string of the molecule is O=C1NCC(C(=O)N[C@@H](c2cnc(OCC(F)(F)F)cn2)c2ccc(F)c(Cl)c2F)N1. The minimum Gasteiger partial charge on any atom is -0.467 e. The van der Waals surface area contributed by atoms with Gasteiger partial charge in [0.15, 0.2) is 6.61 Å². The van der Waals surface area contributed by atoms with Crippen molar-refractivity contribution >= 4 is 23.5 Å². The molecule has 0 aliphatic carbocycles. The first-order valence-corrected chi connectivity index (χ1v) is 8.92. The molecule has 8 nitrogen and oxygen atoms in total. The third-order valence-electron chi connectivity index (χ3n) is 4.08. The molecular formula is C17H13ClF5N5O3. The summed E-state index contributed by atoms with van der Waals surface area (Å²) < 4.78 is 69.4. The molecular weight excluding hydrogens is 453 g/mol. The van der Waals surface area contributed by atoms with Crippen LogP contribution in [0.5, 0.6) is 5.88 Å². The molecule has 1 fully saturated rings. The number of nitrogens with zero attached hydrogens (tertiary/aromatic N) is 2. The molecule has 1 saturated heterocycles. The van der Waals surface area contributed by atoms with Crippen LogP contribution in [-0.4, -0.2) is 47.3 Å². The van der Waals surface area contributed by atoms with Crippen LogP contribution in [0.25, 0.3) is 0 Å². The number of hydrogen-bond acceptors (Lipinski definition) is 5. The van der Waals surface area contributed by atoms with Gasteiger partial charge in [0.2, 0.25) is 11.8 Å². The summed E-state index contributed by atoms with van der Waals surface area (Å²) in [5, 5.41) is 6.31. The van der Waals surface area contributed by atoms with Crippen molar-refractivity contribution < 1.29 is 36.3 Å². The van der Waals surface area contributed by atoms with E-state index in [9.17, 15) is 31.5 Å². The maximum Gasteiger partial charge on any atom is 0.422 e. The van der Waals surface area contributed by atoms with Gasteiger partial charge >= 0.3 is 12.2 Å². The molecule has 31 heavy (non-hydrogen) atoms. The number of carbonyl (C=O) groups excluding carboxylic acids is 2. The summed E-state index contributed by atoms with van der Waals surface area (Å²) in [5.41, 5.74) is -0.387. The Bertz CT molecular complexity index is 989. The number of nitrogens with one attached hydrogen (secondary N) is 3. The molecule has 166 valence electrons. The van der Waals surface area contributed by atoms with Crippen LogP contribution in [-0.2, 0) is 4.79 Å². The van der Waals surface area contributed by atoms with Gasteiger partial charge in [0, 0.05) is 12.1 Å². The van der Waals surface area contributed by atoms with E-state index in [-0.39, 0.29) is 17.8 Å². The number of alkyl halides is 3. The maximum absolute atomic E-state index is 14.6. The van der Waals surface area contributed by atoms with Crippen LogP contribution in [0.4, 0.5) is 26.7 Å². The minimum absolute atomic E-state index is 0.0417. The zero-order chi connectivity index (χ0) is 22.8. The normalized spacial score (nSPS) is 17.0. The van der Waals surface area contributed by atoms with Crippen LogP contribution in [0.3, 0.4) is 0 Å². The van der Waals surface area contributed by atoms with Gasteiger partial charge in [0.05, 0.1) is 18.1 Å². The van der Waals surface area contributed by atoms with Crippen LogP contribution >= 0.6 is 11.6 Å². The van der Waals surface area contributed by atoms with E-state index in [1.165, 1.54) is 0 Å². The van der Waals surface area contributed by atoms with Crippen molar-refractivity contribution in [1.82, 2.24) is 25.9 Å². The van der Waals surface area contributed by atoms with Crippen LogP contribution < -0.4 is 20.7 Å². The van der Waals surface area contributed by atoms with E-state index in [1.807, 2.05) is 0 Å². The van der Waals surface area contributed by atoms with E-state index in [1.54, 1.807) is 0 Å². The molecule has 2 aromatic rings. The van der Waals surface area contributed by atoms with Crippen LogP contribution in [0.15, 0.2) is 24.5 Å². The van der Waals surface area contributed by atoms with Crippen molar-refractivity contribution in [3.63, 3.8) is 0 Å². The van der Waals surface area contributed by atoms with E-state index >= 15 is 0 Å². The Morgan fingerprint density at radius 1 is 1.29 bits per heavy atom. The zero-order valence-electron chi connectivity index (χ0n) is 15.3. The number of carbonyl (C=O) groups is 2. The van der Waals surface area contributed by atoms with E-state index in [0.717, 1.165) is 24.5 Å². The molecule has 3 amide bonds. The number of hydrogen-bond donors (Lipinski definition) is 3. The number of amides is 3. The Kier molecular flexibility index (Phi) is 6.43. The number of halogens is 6. The number of aromatic nitrogens is 2. The highest BCUT2D eigenvalue weighted by molar-refractivity contribution is 6.31. The number of benzene rings is 1. The van der Waals surface area contributed by atoms with Gasteiger partial charge in [-0.25, -0.2) is 18.6 Å². The Labute approximate surface area is 176 Å². The zero-order valence-corrected chi connectivity index (χ0v) is 16.0. The Hall–Kier alpha value is -3.22. The molecule has 1 aromatic carbocycles. The molecule has 3 rings (SSSR count). The molecule has 14 heteroatoms. The summed E-state index contributed by atoms with van der Waals surface area (Å²) >= 11 is 5.61. The molecule has 2 heterocycles. The third kappa shape index (κ3) is 5.48. The average molecular weight is 466 g/mol. The minimum atomic E-state index is -4.59. The summed E-state index contributed by atoms with van der Waals surface area (Å²) in [7, 11) is 0. The van der Waals surface area contributed by atoms with Gasteiger partial charge in [0.1, 0.15) is 28.7 Å². The highest BCUT2D eigenvalue weighted by atomic mass is 35.5. The topological polar surface area (TPSA) is 105 Å². The molecule has 1 aliphatic heterocycles. The molecule has 0 saturated carbocycles. The van der Waals surface area contributed by atoms with Gasteiger partial charge in [-0.1, -0.05) is 17.7 Å². The molecule has 1 unspecified atom stereocenters. The largest absolute Gasteiger partial charge is 0.467 e. The first kappa shape index (κ1) is 22.5. The summed E-state index contributed by atoms with van der Waals surface area (Å²) in [6.45, 7) is -1.64. The Balaban J connectivity index is 1.89. The fourth-order valence-corrected chi connectivity index (χ4v) is 2.81. The number of rotatable bonds is 6. The van der Waals surface area contributed by atoms with Crippen LogP contribution in [0.2, 0.25) is 5.02 Å². The standard InChI is InChI=1S/C17H13ClF5N5O3/c18-12-8(19)2-1-7(13(12)20)14(28-15(29)10-4-26-16(30)27-10)9-3-25-11(5-24-9)31-6-17(21,22)23/h1-3,5,10,14H,4,6H2,(H,28,29)(H2,26,27,30)/t10?,14-/m1/s1. The number of ether oxygens (including phenoxy) is 1. The molecule has 0 radical (unpaired) electrons. The van der Waals surface area contributed by atoms with E-state index < -0.39 is 59.3 Å². The van der Waals surface area contributed by atoms with Gasteiger partial charge in [-0.05, 0) is 6.07 Å². The highest BCUT2D eigenvalue weighted by Crippen LogP contribution is 2.29. The lowest BCUT2D eigenvalue weighted by Crippen LogP contribution is -2.44. The van der Waals surface area contributed by atoms with E-state index in [4.69, 9.17) is 11.6 Å². The second-order valence-electron chi connectivity index (χ2n) is 6.30. The number of urea groups is 1. The summed E-state index contributed by atoms with van der Waals surface area (Å²) in [6, 6.07) is -1.04. The quantitative estimate of drug-likeness (QED) is 0.448. The van der Waals surface area contributed by atoms with Crippen molar-refractivity contribution in [2.45, 2.75) is 18.3 Å². The summed E-state index contributed by atoms with van der Waals surface area (Å²) in [4.78, 5) is 31.3. The highest BCUT2D eigenvalue weighted by Gasteiger charge is 2.32. The summed E-state index contributed by atoms with van der Waals surface area (Å²) in [5.74, 6) is -3.42. The van der Waals surface area contributed by atoms with E-state index in [2.05, 4.69) is 30.7 Å². The van der Waals surface area contributed by atoms with Gasteiger partial charge in [-0.3, -0.25) is 9.78 Å². The first-order valence-electron chi connectivity index (χ1n) is 8.55. The van der Waals surface area contributed by atoms with Crippen LogP contribution in [0.1, 0.15) is 17.3 Å². The van der Waals surface area contributed by atoms with Crippen molar-refractivity contribution in [2.75, 3.05) is 13.2 Å². The second-order valence-corrected chi connectivity index (χ2v) is 6.67. The Morgan fingerprint density at radius 3 is 2.61 bits per heavy atom. The molecule has 3 N–H and O–H groups in total. The predicted octanol–water partition coefficient (Wildman–Crippen LogP) is 2.24. The molecule has 1 aliphatic rings. The fraction of sp³-hybridized carbons (Fsp3) is 0.294. The van der Waals surface area contributed by atoms with Crippen molar-refractivity contribution in [1.29, 1.82) is 0 Å². The Morgan fingerprint density at radius 2 is 2.03 bits per heavy atom. The predicted molar refractivity (Wildman–Crippen MR) is 95.3 cm³/mol. The summed E-state index contributed by atoms with van der Waals surface area (Å²) in [6.07, 6.45) is -2.79. The van der Waals surface area contributed by atoms with E-state index in [0.29, 0.717) is 0 Å². The molecule has 1 aromatic heterocycles. The second kappa shape index (κ2) is 8.88. The molecule has 0 bridgehead atoms.